The second kappa shape index (κ2) is 3.05. The molecule has 1 aromatic rings. The zero-order valence-corrected chi connectivity index (χ0v) is 8.84. The molecule has 0 fully saturated rings. The Labute approximate surface area is 74.4 Å². The SMILES string of the molecule is Cc1c(Br)csc1C(C)C. The van der Waals surface area contributed by atoms with E-state index in [1.54, 1.807) is 0 Å². The van der Waals surface area contributed by atoms with Crippen LogP contribution in [-0.2, 0) is 0 Å². The highest BCUT2D eigenvalue weighted by Crippen LogP contribution is 2.31. The second-order valence-corrected chi connectivity index (χ2v) is 4.49. The topological polar surface area (TPSA) is 0 Å². The molecule has 10 heavy (non-hydrogen) atoms. The molecule has 1 aromatic heterocycles. The molecular formula is C8H11BrS. The van der Waals surface area contributed by atoms with Crippen molar-refractivity contribution in [2.24, 2.45) is 0 Å². The van der Waals surface area contributed by atoms with Crippen molar-refractivity contribution >= 4 is 27.3 Å². The predicted molar refractivity (Wildman–Crippen MR) is 50.8 cm³/mol. The first-order chi connectivity index (χ1) is 4.63. The smallest absolute Gasteiger partial charge is 0.0314 e. The average Bonchev–Trinajstić information content (AvgIpc) is 2.14. The van der Waals surface area contributed by atoms with E-state index in [0.29, 0.717) is 5.92 Å². The van der Waals surface area contributed by atoms with E-state index < -0.39 is 0 Å². The van der Waals surface area contributed by atoms with Gasteiger partial charge in [0.15, 0.2) is 0 Å². The number of rotatable bonds is 1. The summed E-state index contributed by atoms with van der Waals surface area (Å²) < 4.78 is 1.25. The Hall–Kier alpha value is 0.180. The normalized spacial score (nSPS) is 10.9. The van der Waals surface area contributed by atoms with Crippen LogP contribution < -0.4 is 0 Å². The quantitative estimate of drug-likeness (QED) is 0.671. The molecule has 1 rings (SSSR count). The number of hydrogen-bond acceptors (Lipinski definition) is 1. The van der Waals surface area contributed by atoms with E-state index >= 15 is 0 Å². The highest BCUT2D eigenvalue weighted by Gasteiger charge is 2.07. The van der Waals surface area contributed by atoms with Gasteiger partial charge < -0.3 is 0 Å². The molecule has 0 aliphatic carbocycles. The van der Waals surface area contributed by atoms with Gasteiger partial charge in [0, 0.05) is 14.7 Å². The standard InChI is InChI=1S/C8H11BrS/c1-5(2)8-6(3)7(9)4-10-8/h4-5H,1-3H3. The van der Waals surface area contributed by atoms with Crippen LogP contribution in [0.5, 0.6) is 0 Å². The van der Waals surface area contributed by atoms with Crippen LogP contribution in [0.4, 0.5) is 0 Å². The number of halogens is 1. The van der Waals surface area contributed by atoms with Crippen LogP contribution in [0.1, 0.15) is 30.2 Å². The van der Waals surface area contributed by atoms with E-state index in [2.05, 4.69) is 42.1 Å². The molecule has 0 atom stereocenters. The Morgan fingerprint density at radius 2 is 2.10 bits per heavy atom. The predicted octanol–water partition coefficient (Wildman–Crippen LogP) is 3.94. The van der Waals surface area contributed by atoms with Gasteiger partial charge in [0.25, 0.3) is 0 Å². The summed E-state index contributed by atoms with van der Waals surface area (Å²) in [5, 5.41) is 2.16. The van der Waals surface area contributed by atoms with Crippen LogP contribution in [0.25, 0.3) is 0 Å². The molecule has 56 valence electrons. The summed E-state index contributed by atoms with van der Waals surface area (Å²) in [4.78, 5) is 1.49. The third kappa shape index (κ3) is 1.43. The lowest BCUT2D eigenvalue weighted by atomic mass is 10.1. The van der Waals surface area contributed by atoms with Crippen molar-refractivity contribution in [3.05, 3.63) is 20.3 Å². The molecule has 0 N–H and O–H groups in total. The fourth-order valence-electron chi connectivity index (χ4n) is 0.979. The van der Waals surface area contributed by atoms with E-state index in [-0.39, 0.29) is 0 Å². The zero-order valence-electron chi connectivity index (χ0n) is 6.44. The van der Waals surface area contributed by atoms with Gasteiger partial charge in [0.2, 0.25) is 0 Å². The van der Waals surface area contributed by atoms with Crippen LogP contribution in [0, 0.1) is 6.92 Å². The lowest BCUT2D eigenvalue weighted by Gasteiger charge is -2.01. The highest BCUT2D eigenvalue weighted by molar-refractivity contribution is 9.10. The number of hydrogen-bond donors (Lipinski definition) is 0. The van der Waals surface area contributed by atoms with E-state index in [9.17, 15) is 0 Å². The maximum atomic E-state index is 3.49. The van der Waals surface area contributed by atoms with E-state index in [1.165, 1.54) is 14.9 Å². The van der Waals surface area contributed by atoms with E-state index in [1.807, 2.05) is 11.3 Å². The van der Waals surface area contributed by atoms with Crippen LogP contribution in [0.15, 0.2) is 9.85 Å². The molecule has 0 amide bonds. The van der Waals surface area contributed by atoms with Crippen LogP contribution >= 0.6 is 27.3 Å². The zero-order chi connectivity index (χ0) is 7.72. The molecule has 0 nitrogen and oxygen atoms in total. The molecule has 0 bridgehead atoms. The summed E-state index contributed by atoms with van der Waals surface area (Å²) in [5.41, 5.74) is 1.40. The lowest BCUT2D eigenvalue weighted by molar-refractivity contribution is 0.880. The first-order valence-corrected chi connectivity index (χ1v) is 5.03. The van der Waals surface area contributed by atoms with E-state index in [0.717, 1.165) is 0 Å². The molecule has 0 radical (unpaired) electrons. The minimum absolute atomic E-state index is 0.663. The third-order valence-electron chi connectivity index (χ3n) is 1.54. The van der Waals surface area contributed by atoms with Gasteiger partial charge in [0.05, 0.1) is 0 Å². The Balaban J connectivity index is 3.05. The van der Waals surface area contributed by atoms with Gasteiger partial charge in [-0.25, -0.2) is 0 Å². The molecule has 0 saturated carbocycles. The molecule has 0 spiro atoms. The van der Waals surface area contributed by atoms with Crippen LogP contribution in [0.2, 0.25) is 0 Å². The Bertz CT molecular complexity index is 225. The van der Waals surface area contributed by atoms with Crippen molar-refractivity contribution in [3.63, 3.8) is 0 Å². The fraction of sp³-hybridized carbons (Fsp3) is 0.500. The molecule has 0 aliphatic heterocycles. The van der Waals surface area contributed by atoms with Gasteiger partial charge in [-0.3, -0.25) is 0 Å². The first-order valence-electron chi connectivity index (χ1n) is 3.36. The Kier molecular flexibility index (Phi) is 2.53. The largest absolute Gasteiger partial charge is 0.147 e. The van der Waals surface area contributed by atoms with Gasteiger partial charge in [-0.2, -0.15) is 0 Å². The van der Waals surface area contributed by atoms with Gasteiger partial charge in [0.1, 0.15) is 0 Å². The molecular weight excluding hydrogens is 208 g/mol. The Morgan fingerprint density at radius 1 is 1.50 bits per heavy atom. The molecule has 0 unspecified atom stereocenters. The molecule has 0 saturated heterocycles. The average molecular weight is 219 g/mol. The Morgan fingerprint density at radius 3 is 2.30 bits per heavy atom. The lowest BCUT2D eigenvalue weighted by Crippen LogP contribution is -1.83. The first kappa shape index (κ1) is 8.28. The summed E-state index contributed by atoms with van der Waals surface area (Å²) in [6.07, 6.45) is 0. The summed E-state index contributed by atoms with van der Waals surface area (Å²) in [6, 6.07) is 0. The van der Waals surface area contributed by atoms with Crippen molar-refractivity contribution in [1.29, 1.82) is 0 Å². The summed E-state index contributed by atoms with van der Waals surface area (Å²) in [5.74, 6) is 0.663. The highest BCUT2D eigenvalue weighted by atomic mass is 79.9. The minimum Gasteiger partial charge on any atom is -0.147 e. The summed E-state index contributed by atoms with van der Waals surface area (Å²) >= 11 is 5.33. The van der Waals surface area contributed by atoms with Crippen molar-refractivity contribution in [2.45, 2.75) is 26.7 Å². The monoisotopic (exact) mass is 218 g/mol. The molecule has 0 aromatic carbocycles. The minimum atomic E-state index is 0.663. The van der Waals surface area contributed by atoms with Crippen LogP contribution in [0.3, 0.4) is 0 Å². The van der Waals surface area contributed by atoms with Crippen molar-refractivity contribution in [2.75, 3.05) is 0 Å². The third-order valence-corrected chi connectivity index (χ3v) is 4.05. The second-order valence-electron chi connectivity index (χ2n) is 2.73. The summed E-state index contributed by atoms with van der Waals surface area (Å²) in [6.45, 7) is 6.62. The maximum absolute atomic E-state index is 3.49. The van der Waals surface area contributed by atoms with Gasteiger partial charge >= 0.3 is 0 Å². The van der Waals surface area contributed by atoms with E-state index in [4.69, 9.17) is 0 Å². The maximum Gasteiger partial charge on any atom is 0.0314 e. The van der Waals surface area contributed by atoms with Crippen LogP contribution in [-0.4, -0.2) is 0 Å². The van der Waals surface area contributed by atoms with Gasteiger partial charge in [-0.15, -0.1) is 11.3 Å². The number of thiophene rings is 1. The molecule has 2 heteroatoms. The molecule has 0 aliphatic rings. The van der Waals surface area contributed by atoms with Crippen molar-refractivity contribution in [3.8, 4) is 0 Å². The molecule has 1 heterocycles. The van der Waals surface area contributed by atoms with Gasteiger partial charge in [-0.1, -0.05) is 13.8 Å². The van der Waals surface area contributed by atoms with Crippen molar-refractivity contribution in [1.82, 2.24) is 0 Å². The van der Waals surface area contributed by atoms with Gasteiger partial charge in [-0.05, 0) is 34.3 Å². The fourth-order valence-corrected chi connectivity index (χ4v) is 2.57. The summed E-state index contributed by atoms with van der Waals surface area (Å²) in [7, 11) is 0. The van der Waals surface area contributed by atoms with Crippen molar-refractivity contribution < 1.29 is 0 Å².